The third-order valence-electron chi connectivity index (χ3n) is 5.36. The van der Waals surface area contributed by atoms with Crippen molar-refractivity contribution in [1.82, 2.24) is 10.3 Å². The van der Waals surface area contributed by atoms with E-state index < -0.39 is 0 Å². The number of benzene rings is 2. The number of methoxy groups -OCH3 is 1. The predicted octanol–water partition coefficient (Wildman–Crippen LogP) is 5.78. The lowest BCUT2D eigenvalue weighted by molar-refractivity contribution is 0.0921. The van der Waals surface area contributed by atoms with E-state index in [-0.39, 0.29) is 17.8 Å². The number of halogens is 1. The lowest BCUT2D eigenvalue weighted by atomic mass is 10.2. The van der Waals surface area contributed by atoms with E-state index in [9.17, 15) is 9.18 Å². The fourth-order valence-corrected chi connectivity index (χ4v) is 4.25. The number of ether oxygens (including phenoxy) is 1. The maximum atomic E-state index is 13.3. The van der Waals surface area contributed by atoms with Crippen LogP contribution in [0.1, 0.15) is 29.2 Å². The minimum absolute atomic E-state index is 0.187. The van der Waals surface area contributed by atoms with Crippen LogP contribution in [-0.2, 0) is 6.54 Å². The molecular weight excluding hydrogens is 441 g/mol. The number of aromatic nitrogens is 1. The summed E-state index contributed by atoms with van der Waals surface area (Å²) in [6.45, 7) is 0.388. The second-order valence-corrected chi connectivity index (χ2v) is 8.66. The van der Waals surface area contributed by atoms with E-state index >= 15 is 0 Å². The van der Waals surface area contributed by atoms with Gasteiger partial charge in [0.2, 0.25) is 0 Å². The molecule has 8 heteroatoms. The van der Waals surface area contributed by atoms with Gasteiger partial charge in [-0.3, -0.25) is 4.79 Å². The zero-order valence-electron chi connectivity index (χ0n) is 18.0. The number of anilines is 2. The van der Waals surface area contributed by atoms with Crippen molar-refractivity contribution >= 4 is 28.1 Å². The molecule has 0 saturated heterocycles. The number of nitrogens with one attached hydrogen (secondary N) is 1. The highest BCUT2D eigenvalue weighted by Crippen LogP contribution is 2.34. The number of nitrogens with zero attached hydrogens (tertiary/aromatic N) is 2. The average Bonchev–Trinajstić information content (AvgIpc) is 3.32. The number of carbonyl (C=O) groups excluding carboxylic acids is 1. The first kappa shape index (κ1) is 21.2. The Labute approximate surface area is 194 Å². The van der Waals surface area contributed by atoms with Crippen LogP contribution in [0, 0.1) is 5.82 Å². The van der Waals surface area contributed by atoms with Crippen molar-refractivity contribution < 1.29 is 18.3 Å². The molecule has 168 valence electrons. The molecule has 1 aliphatic rings. The Morgan fingerprint density at radius 2 is 1.91 bits per heavy atom. The molecule has 1 fully saturated rings. The van der Waals surface area contributed by atoms with Crippen LogP contribution in [0.5, 0.6) is 5.75 Å². The molecule has 1 aliphatic carbocycles. The second-order valence-electron chi connectivity index (χ2n) is 7.82. The third kappa shape index (κ3) is 4.90. The number of furan rings is 1. The van der Waals surface area contributed by atoms with E-state index in [0.29, 0.717) is 18.1 Å². The van der Waals surface area contributed by atoms with E-state index in [2.05, 4.69) is 5.32 Å². The number of rotatable bonds is 8. The maximum Gasteiger partial charge on any atom is 0.287 e. The van der Waals surface area contributed by atoms with E-state index in [1.807, 2.05) is 40.6 Å². The summed E-state index contributed by atoms with van der Waals surface area (Å²) in [6, 6.07) is 17.7. The molecule has 5 rings (SSSR count). The summed E-state index contributed by atoms with van der Waals surface area (Å²) in [7, 11) is 1.62. The zero-order valence-corrected chi connectivity index (χ0v) is 18.8. The Morgan fingerprint density at radius 1 is 1.15 bits per heavy atom. The largest absolute Gasteiger partial charge is 0.497 e. The Hall–Kier alpha value is -3.65. The van der Waals surface area contributed by atoms with Crippen molar-refractivity contribution in [2.24, 2.45) is 0 Å². The van der Waals surface area contributed by atoms with Gasteiger partial charge in [0.25, 0.3) is 5.91 Å². The first-order chi connectivity index (χ1) is 16.1. The van der Waals surface area contributed by atoms with Crippen LogP contribution in [0.4, 0.5) is 15.2 Å². The van der Waals surface area contributed by atoms with Crippen molar-refractivity contribution in [3.63, 3.8) is 0 Å². The Balaban J connectivity index is 1.43. The van der Waals surface area contributed by atoms with Gasteiger partial charge in [0.1, 0.15) is 17.3 Å². The fourth-order valence-electron chi connectivity index (χ4n) is 3.40. The molecule has 2 aromatic heterocycles. The van der Waals surface area contributed by atoms with Crippen LogP contribution in [-0.4, -0.2) is 24.0 Å². The topological polar surface area (TPSA) is 67.6 Å². The number of carbonyl (C=O) groups is 1. The van der Waals surface area contributed by atoms with Gasteiger partial charge >= 0.3 is 0 Å². The highest BCUT2D eigenvalue weighted by Gasteiger charge is 2.25. The molecule has 4 aromatic rings. The van der Waals surface area contributed by atoms with Gasteiger partial charge < -0.3 is 19.4 Å². The van der Waals surface area contributed by atoms with Crippen molar-refractivity contribution in [3.05, 3.63) is 83.4 Å². The molecule has 6 nitrogen and oxygen atoms in total. The van der Waals surface area contributed by atoms with Crippen LogP contribution in [0.3, 0.4) is 0 Å². The summed E-state index contributed by atoms with van der Waals surface area (Å²) < 4.78 is 24.5. The first-order valence-corrected chi connectivity index (χ1v) is 11.5. The molecule has 0 radical (unpaired) electrons. The quantitative estimate of drug-likeness (QED) is 0.359. The maximum absolute atomic E-state index is 13.3. The van der Waals surface area contributed by atoms with Gasteiger partial charge in [0.05, 0.1) is 19.3 Å². The Bertz CT molecular complexity index is 1250. The minimum Gasteiger partial charge on any atom is -0.497 e. The summed E-state index contributed by atoms with van der Waals surface area (Å²) in [6.07, 6.45) is 2.04. The Morgan fingerprint density at radius 3 is 2.61 bits per heavy atom. The SMILES string of the molecule is COc1ccc(N(Cc2ccc(C(=O)NC3CC3)o2)c2nc(-c3ccc(F)cc3)cs2)cc1. The van der Waals surface area contributed by atoms with Crippen LogP contribution >= 0.6 is 11.3 Å². The number of hydrogen-bond acceptors (Lipinski definition) is 6. The molecule has 1 saturated carbocycles. The monoisotopic (exact) mass is 463 g/mol. The van der Waals surface area contributed by atoms with E-state index in [4.69, 9.17) is 14.1 Å². The molecule has 2 aromatic carbocycles. The fraction of sp³-hybridized carbons (Fsp3) is 0.200. The molecule has 33 heavy (non-hydrogen) atoms. The van der Waals surface area contributed by atoms with Gasteiger partial charge in [-0.2, -0.15) is 0 Å². The van der Waals surface area contributed by atoms with E-state index in [1.165, 1.54) is 23.5 Å². The van der Waals surface area contributed by atoms with E-state index in [0.717, 1.165) is 40.7 Å². The first-order valence-electron chi connectivity index (χ1n) is 10.6. The van der Waals surface area contributed by atoms with Gasteiger partial charge in [-0.05, 0) is 73.5 Å². The standard InChI is InChI=1S/C25H22FN3O3S/c1-31-20-10-8-19(9-11-20)29(14-21-12-13-23(32-21)24(30)27-18-6-7-18)25-28-22(15-33-25)16-2-4-17(26)5-3-16/h2-5,8-13,15,18H,6-7,14H2,1H3,(H,27,30). The molecule has 0 spiro atoms. The summed E-state index contributed by atoms with van der Waals surface area (Å²) in [4.78, 5) is 19.1. The van der Waals surface area contributed by atoms with Gasteiger partial charge in [-0.15, -0.1) is 11.3 Å². The summed E-state index contributed by atoms with van der Waals surface area (Å²) in [5, 5.41) is 5.63. The molecule has 0 aliphatic heterocycles. The molecule has 1 amide bonds. The van der Waals surface area contributed by atoms with Gasteiger partial charge in [-0.1, -0.05) is 0 Å². The van der Waals surface area contributed by atoms with Crippen molar-refractivity contribution in [1.29, 1.82) is 0 Å². The number of amides is 1. The van der Waals surface area contributed by atoms with Gasteiger partial charge in [0, 0.05) is 22.7 Å². The zero-order chi connectivity index (χ0) is 22.8. The lowest BCUT2D eigenvalue weighted by Crippen LogP contribution is -2.24. The summed E-state index contributed by atoms with van der Waals surface area (Å²) in [5.74, 6) is 1.23. The number of thiazole rings is 1. The highest BCUT2D eigenvalue weighted by molar-refractivity contribution is 7.14. The van der Waals surface area contributed by atoms with Crippen LogP contribution < -0.4 is 15.0 Å². The molecule has 0 atom stereocenters. The summed E-state index contributed by atoms with van der Waals surface area (Å²) in [5.41, 5.74) is 2.50. The number of hydrogen-bond donors (Lipinski definition) is 1. The smallest absolute Gasteiger partial charge is 0.287 e. The second kappa shape index (κ2) is 9.07. The van der Waals surface area contributed by atoms with Crippen molar-refractivity contribution in [2.75, 3.05) is 12.0 Å². The van der Waals surface area contributed by atoms with Crippen LogP contribution in [0.15, 0.2) is 70.5 Å². The molecule has 0 bridgehead atoms. The highest BCUT2D eigenvalue weighted by atomic mass is 32.1. The minimum atomic E-state index is -0.284. The average molecular weight is 464 g/mol. The summed E-state index contributed by atoms with van der Waals surface area (Å²) >= 11 is 1.48. The lowest BCUT2D eigenvalue weighted by Gasteiger charge is -2.21. The van der Waals surface area contributed by atoms with Crippen molar-refractivity contribution in [2.45, 2.75) is 25.4 Å². The molecular formula is C25H22FN3O3S. The third-order valence-corrected chi connectivity index (χ3v) is 6.22. The van der Waals surface area contributed by atoms with Crippen molar-refractivity contribution in [3.8, 4) is 17.0 Å². The molecule has 0 unspecified atom stereocenters. The predicted molar refractivity (Wildman–Crippen MR) is 126 cm³/mol. The van der Waals surface area contributed by atoms with Crippen LogP contribution in [0.25, 0.3) is 11.3 Å². The van der Waals surface area contributed by atoms with Gasteiger partial charge in [0.15, 0.2) is 10.9 Å². The molecule has 1 N–H and O–H groups in total. The van der Waals surface area contributed by atoms with Gasteiger partial charge in [-0.25, -0.2) is 9.37 Å². The van der Waals surface area contributed by atoms with E-state index in [1.54, 1.807) is 25.3 Å². The Kier molecular flexibility index (Phi) is 5.83. The van der Waals surface area contributed by atoms with Crippen LogP contribution in [0.2, 0.25) is 0 Å². The normalized spacial score (nSPS) is 13.0. The molecule has 2 heterocycles.